The Morgan fingerprint density at radius 3 is 2.85 bits per heavy atom. The molecule has 3 amide bonds. The van der Waals surface area contributed by atoms with Crippen LogP contribution in [0.15, 0.2) is 41.6 Å². The lowest BCUT2D eigenvalue weighted by atomic mass is 10.1. The molecular formula is C24H24N6O3S. The molecular weight excluding hydrogens is 452 g/mol. The molecule has 0 unspecified atom stereocenters. The van der Waals surface area contributed by atoms with E-state index in [-0.39, 0.29) is 11.1 Å². The van der Waals surface area contributed by atoms with E-state index in [0.717, 1.165) is 53.6 Å². The van der Waals surface area contributed by atoms with Gasteiger partial charge in [0.15, 0.2) is 5.65 Å². The van der Waals surface area contributed by atoms with E-state index in [9.17, 15) is 14.4 Å². The largest absolute Gasteiger partial charge is 0.312 e. The zero-order chi connectivity index (χ0) is 23.8. The van der Waals surface area contributed by atoms with Gasteiger partial charge < -0.3 is 9.80 Å². The van der Waals surface area contributed by atoms with Crippen molar-refractivity contribution >= 4 is 51.7 Å². The van der Waals surface area contributed by atoms with Crippen LogP contribution in [0, 0.1) is 0 Å². The van der Waals surface area contributed by atoms with Gasteiger partial charge in [-0.3, -0.25) is 24.3 Å². The summed E-state index contributed by atoms with van der Waals surface area (Å²) in [6.07, 6.45) is 5.51. The Labute approximate surface area is 200 Å². The molecule has 4 heterocycles. The molecule has 3 aromatic rings. The van der Waals surface area contributed by atoms with E-state index in [1.165, 1.54) is 0 Å². The minimum absolute atomic E-state index is 0.160. The Hall–Kier alpha value is -3.50. The minimum atomic E-state index is -0.412. The maximum absolute atomic E-state index is 12.7. The van der Waals surface area contributed by atoms with E-state index in [1.807, 2.05) is 41.8 Å². The summed E-state index contributed by atoms with van der Waals surface area (Å²) in [5.74, 6) is -0.252. The number of imide groups is 1. The lowest BCUT2D eigenvalue weighted by Gasteiger charge is -2.18. The molecule has 5 rings (SSSR count). The Kier molecular flexibility index (Phi) is 5.93. The van der Waals surface area contributed by atoms with Crippen LogP contribution in [0.25, 0.3) is 22.9 Å². The topological polar surface area (TPSA) is 100 Å². The molecule has 0 radical (unpaired) electrons. The highest BCUT2D eigenvalue weighted by Crippen LogP contribution is 2.32. The van der Waals surface area contributed by atoms with Gasteiger partial charge in [0.25, 0.3) is 11.1 Å². The van der Waals surface area contributed by atoms with Gasteiger partial charge in [0.05, 0.1) is 10.6 Å². The SMILES string of the molecule is CN(C)CCCC(=O)N1CCc2cc(-n3cnc4ccc(C=C5SC(=O)NC5=O)nc43)ccc21. The van der Waals surface area contributed by atoms with Crippen molar-refractivity contribution in [3.8, 4) is 5.69 Å². The van der Waals surface area contributed by atoms with Crippen molar-refractivity contribution in [2.75, 3.05) is 32.1 Å². The van der Waals surface area contributed by atoms with Crippen LogP contribution in [0.2, 0.25) is 0 Å². The van der Waals surface area contributed by atoms with Gasteiger partial charge in [0, 0.05) is 24.3 Å². The predicted octanol–water partition coefficient (Wildman–Crippen LogP) is 2.98. The van der Waals surface area contributed by atoms with Gasteiger partial charge in [-0.15, -0.1) is 0 Å². The summed E-state index contributed by atoms with van der Waals surface area (Å²) in [6.45, 7) is 1.59. The summed E-state index contributed by atoms with van der Waals surface area (Å²) in [5.41, 5.74) is 4.94. The number of nitrogens with zero attached hydrogens (tertiary/aromatic N) is 5. The summed E-state index contributed by atoms with van der Waals surface area (Å²) in [5, 5.41) is 1.87. The molecule has 34 heavy (non-hydrogen) atoms. The molecule has 0 bridgehead atoms. The summed E-state index contributed by atoms with van der Waals surface area (Å²) in [7, 11) is 4.02. The zero-order valence-corrected chi connectivity index (χ0v) is 19.8. The zero-order valence-electron chi connectivity index (χ0n) is 18.9. The maximum Gasteiger partial charge on any atom is 0.290 e. The highest BCUT2D eigenvalue weighted by molar-refractivity contribution is 8.18. The Morgan fingerprint density at radius 1 is 1.24 bits per heavy atom. The number of thioether (sulfide) groups is 1. The van der Waals surface area contributed by atoms with Crippen molar-refractivity contribution < 1.29 is 14.4 Å². The molecule has 1 fully saturated rings. The number of benzene rings is 1. The Morgan fingerprint density at radius 2 is 2.09 bits per heavy atom. The number of imidazole rings is 1. The molecule has 2 aliphatic rings. The number of hydrogen-bond acceptors (Lipinski definition) is 7. The highest BCUT2D eigenvalue weighted by Gasteiger charge is 2.26. The Balaban J connectivity index is 1.40. The van der Waals surface area contributed by atoms with E-state index in [1.54, 1.807) is 18.5 Å². The fraction of sp³-hybridized carbons (Fsp3) is 0.292. The van der Waals surface area contributed by atoms with Crippen LogP contribution in [-0.4, -0.2) is 63.7 Å². The van der Waals surface area contributed by atoms with Crippen LogP contribution in [-0.2, 0) is 16.0 Å². The quantitative estimate of drug-likeness (QED) is 0.546. The molecule has 2 aromatic heterocycles. The summed E-state index contributed by atoms with van der Waals surface area (Å²) in [4.78, 5) is 49.4. The molecule has 174 valence electrons. The number of nitrogens with one attached hydrogen (secondary N) is 1. The van der Waals surface area contributed by atoms with Gasteiger partial charge in [0.1, 0.15) is 11.8 Å². The number of carbonyl (C=O) groups is 3. The van der Waals surface area contributed by atoms with Crippen LogP contribution < -0.4 is 10.2 Å². The molecule has 2 aliphatic heterocycles. The van der Waals surface area contributed by atoms with E-state index in [4.69, 9.17) is 0 Å². The number of hydrogen-bond donors (Lipinski definition) is 1. The molecule has 1 saturated heterocycles. The van der Waals surface area contributed by atoms with Gasteiger partial charge in [-0.05, 0) is 87.2 Å². The summed E-state index contributed by atoms with van der Waals surface area (Å²) < 4.78 is 1.90. The maximum atomic E-state index is 12.7. The minimum Gasteiger partial charge on any atom is -0.312 e. The van der Waals surface area contributed by atoms with Gasteiger partial charge in [0.2, 0.25) is 5.91 Å². The van der Waals surface area contributed by atoms with Crippen LogP contribution in [0.5, 0.6) is 0 Å². The van der Waals surface area contributed by atoms with E-state index in [2.05, 4.69) is 26.3 Å². The first kappa shape index (κ1) is 22.3. The van der Waals surface area contributed by atoms with Gasteiger partial charge in [-0.25, -0.2) is 9.97 Å². The van der Waals surface area contributed by atoms with Crippen molar-refractivity contribution in [3.05, 3.63) is 52.8 Å². The second kappa shape index (κ2) is 9.03. The third-order valence-corrected chi connectivity index (χ3v) is 6.68. The summed E-state index contributed by atoms with van der Waals surface area (Å²) in [6, 6.07) is 9.65. The lowest BCUT2D eigenvalue weighted by molar-refractivity contribution is -0.118. The van der Waals surface area contributed by atoms with Crippen LogP contribution in [0.4, 0.5) is 10.5 Å². The molecule has 0 saturated carbocycles. The predicted molar refractivity (Wildman–Crippen MR) is 132 cm³/mol. The second-order valence-corrected chi connectivity index (χ2v) is 9.58. The van der Waals surface area contributed by atoms with Crippen LogP contribution in [0.3, 0.4) is 0 Å². The third-order valence-electron chi connectivity index (χ3n) is 5.87. The molecule has 0 atom stereocenters. The van der Waals surface area contributed by atoms with Crippen molar-refractivity contribution in [2.45, 2.75) is 19.3 Å². The first-order valence-electron chi connectivity index (χ1n) is 11.1. The number of amides is 3. The average Bonchev–Trinajstić information content (AvgIpc) is 3.49. The number of anilines is 1. The third kappa shape index (κ3) is 4.34. The first-order chi connectivity index (χ1) is 16.4. The van der Waals surface area contributed by atoms with E-state index < -0.39 is 5.91 Å². The van der Waals surface area contributed by atoms with Crippen LogP contribution in [0.1, 0.15) is 24.1 Å². The standard InChI is InChI=1S/C24H24N6O3S/c1-28(2)10-3-4-21(31)29-11-9-15-12-17(6-8-19(15)29)30-14-25-18-7-5-16(26-22(18)30)13-20-23(32)27-24(33)34-20/h5-8,12-14H,3-4,9-11H2,1-2H3,(H,27,32,33). The van der Waals surface area contributed by atoms with Crippen molar-refractivity contribution in [1.29, 1.82) is 0 Å². The van der Waals surface area contributed by atoms with E-state index >= 15 is 0 Å². The fourth-order valence-electron chi connectivity index (χ4n) is 4.21. The normalized spacial score (nSPS) is 16.7. The van der Waals surface area contributed by atoms with Gasteiger partial charge in [-0.1, -0.05) is 0 Å². The number of aromatic nitrogens is 3. The molecule has 0 aliphatic carbocycles. The van der Waals surface area contributed by atoms with Crippen molar-refractivity contribution in [2.24, 2.45) is 0 Å². The second-order valence-electron chi connectivity index (χ2n) is 8.56. The molecule has 0 spiro atoms. The van der Waals surface area contributed by atoms with E-state index in [0.29, 0.717) is 29.2 Å². The number of rotatable bonds is 6. The molecule has 10 heteroatoms. The molecule has 9 nitrogen and oxygen atoms in total. The summed E-state index contributed by atoms with van der Waals surface area (Å²) >= 11 is 0.863. The van der Waals surface area contributed by atoms with Crippen molar-refractivity contribution in [3.63, 3.8) is 0 Å². The average molecular weight is 477 g/mol. The monoisotopic (exact) mass is 476 g/mol. The smallest absolute Gasteiger partial charge is 0.290 e. The Bertz CT molecular complexity index is 1350. The van der Waals surface area contributed by atoms with Gasteiger partial charge in [-0.2, -0.15) is 0 Å². The van der Waals surface area contributed by atoms with Crippen molar-refractivity contribution in [1.82, 2.24) is 24.8 Å². The molecule has 1 N–H and O–H groups in total. The highest BCUT2D eigenvalue weighted by atomic mass is 32.2. The molecule has 1 aromatic carbocycles. The lowest BCUT2D eigenvalue weighted by Crippen LogP contribution is -2.29. The fourth-order valence-corrected chi connectivity index (χ4v) is 4.88. The number of fused-ring (bicyclic) bond motifs is 2. The van der Waals surface area contributed by atoms with Gasteiger partial charge >= 0.3 is 0 Å². The first-order valence-corrected chi connectivity index (χ1v) is 11.9. The number of pyridine rings is 1. The number of carbonyl (C=O) groups excluding carboxylic acids is 3. The van der Waals surface area contributed by atoms with Crippen LogP contribution >= 0.6 is 11.8 Å².